The number of hydrogen-bond acceptors (Lipinski definition) is 7. The molecule has 0 unspecified atom stereocenters. The minimum absolute atomic E-state index is 0. The molecule has 554 valence electrons. The predicted molar refractivity (Wildman–Crippen MR) is 461 cm³/mol. The van der Waals surface area contributed by atoms with Crippen molar-refractivity contribution in [2.75, 3.05) is 68.7 Å². The van der Waals surface area contributed by atoms with Crippen LogP contribution in [0.15, 0.2) is 150 Å². The van der Waals surface area contributed by atoms with Gasteiger partial charge >= 0.3 is 147 Å². The number of nitrogens with zero attached hydrogens (tertiary/aromatic N) is 6. The molecule has 0 bridgehead atoms. The Hall–Kier alpha value is -4.99. The summed E-state index contributed by atoms with van der Waals surface area (Å²) in [7, 11) is 24.5. The molecule has 9 aromatic carbocycles. The van der Waals surface area contributed by atoms with Crippen LogP contribution in [0.3, 0.4) is 0 Å². The first-order valence-corrected chi connectivity index (χ1v) is 48.4. The molecule has 3 aliphatic rings. The van der Waals surface area contributed by atoms with Crippen LogP contribution in [0, 0.1) is 180 Å². The fourth-order valence-electron chi connectivity index (χ4n) is 14.8. The molecule has 3 aliphatic heterocycles. The van der Waals surface area contributed by atoms with Gasteiger partial charge in [-0.15, -0.1) is 0 Å². The van der Waals surface area contributed by atoms with E-state index in [0.717, 1.165) is 50.4 Å². The molecule has 0 aromatic heterocycles. The van der Waals surface area contributed by atoms with Crippen LogP contribution in [0.2, 0.25) is 0 Å². The molecule has 0 amide bonds. The molecule has 3 saturated heterocycles. The third-order valence-electron chi connectivity index (χ3n) is 17.8. The molecule has 3 fully saturated rings. The molecule has 6 nitrogen and oxygen atoms in total. The topological polar surface area (TPSA) is 19.4 Å². The van der Waals surface area contributed by atoms with Crippen molar-refractivity contribution in [3.05, 3.63) is 308 Å². The van der Waals surface area contributed by atoms with Crippen molar-refractivity contribution in [3.8, 4) is 0 Å². The van der Waals surface area contributed by atoms with Gasteiger partial charge in [0, 0.05) is 99.5 Å². The molecule has 0 aliphatic carbocycles. The van der Waals surface area contributed by atoms with E-state index >= 15 is 0 Å². The number of benzene rings is 9. The third-order valence-corrected chi connectivity index (χ3v) is 23.7. The molecule has 9 aromatic rings. The van der Waals surface area contributed by atoms with Gasteiger partial charge in [-0.2, -0.15) is 20.0 Å². The van der Waals surface area contributed by atoms with Crippen LogP contribution in [0.4, 0.5) is 34.1 Å². The Morgan fingerprint density at radius 1 is 0.284 bits per heavy atom. The van der Waals surface area contributed by atoms with Crippen molar-refractivity contribution in [1.82, 2.24) is 0 Å². The summed E-state index contributed by atoms with van der Waals surface area (Å²) in [6, 6.07) is 51.6. The summed E-state index contributed by atoms with van der Waals surface area (Å²) in [6.07, 6.45) is 0. The zero-order valence-electron chi connectivity index (χ0n) is 64.7. The van der Waals surface area contributed by atoms with Gasteiger partial charge in [0.05, 0.1) is 0 Å². The van der Waals surface area contributed by atoms with Gasteiger partial charge in [-0.1, -0.05) is 133 Å². The Labute approximate surface area is 660 Å². The molecule has 0 spiro atoms. The van der Waals surface area contributed by atoms with E-state index in [9.17, 15) is 0 Å². The van der Waals surface area contributed by atoms with Gasteiger partial charge in [0.1, 0.15) is 0 Å². The summed E-state index contributed by atoms with van der Waals surface area (Å²) < 4.78 is 3.85. The second kappa shape index (κ2) is 41.2. The zero-order chi connectivity index (χ0) is 73.4. The number of halogens is 5. The molecule has 0 atom stereocenters. The van der Waals surface area contributed by atoms with Crippen LogP contribution in [-0.4, -0.2) is 48.5 Å². The zero-order valence-corrected chi connectivity index (χ0v) is 74.1. The van der Waals surface area contributed by atoms with E-state index in [1.54, 1.807) is 8.93 Å². The molecular weight excluding hydrogens is 1640 g/mol. The van der Waals surface area contributed by atoms with Crippen molar-refractivity contribution in [3.63, 3.8) is 0 Å². The molecule has 3 heterocycles. The molecule has 12 rings (SSSR count). The minimum atomic E-state index is -1.61. The van der Waals surface area contributed by atoms with Crippen molar-refractivity contribution in [1.29, 1.82) is 0 Å². The van der Waals surface area contributed by atoms with Crippen LogP contribution >= 0.6 is 68.9 Å². The van der Waals surface area contributed by atoms with Crippen LogP contribution < -0.4 is 29.4 Å². The van der Waals surface area contributed by atoms with E-state index in [1.807, 2.05) is 69.9 Å². The van der Waals surface area contributed by atoms with E-state index in [2.05, 4.69) is 301 Å². The molecule has 14 heteroatoms. The first kappa shape index (κ1) is 87.6. The standard InChI is InChI=1S/3C21H27N2.C9H11IS.2C7H6.2CH3.4ClH.2Ru/c3*1-14-9-16(3)20(17(4)10-14)22-7-8-23(13-22)21-18(5)11-15(2)12-19(21)6;1-6-4-7(2)9(11-10)8(3)5-6;2*1-7-5-3-2-4-6-7;;;;;;;;/h3*9-13H,7-8H2,1-6H3;4-5H,1-3H3;2*1-6H;2*1H3;4*1H;;/q3*-1;;;;2*-1;;;;;2*+2/p-4. The summed E-state index contributed by atoms with van der Waals surface area (Å²) >= 11 is -0.897. The van der Waals surface area contributed by atoms with Gasteiger partial charge in [-0.25, -0.2) is 0 Å². The quantitative estimate of drug-likeness (QED) is 0.0804. The van der Waals surface area contributed by atoms with Gasteiger partial charge in [-0.05, 0) is 223 Å². The normalized spacial score (nSPS) is 13.2. The maximum atomic E-state index is 5.67. The van der Waals surface area contributed by atoms with Gasteiger partial charge < -0.3 is 44.3 Å². The van der Waals surface area contributed by atoms with Crippen molar-refractivity contribution in [2.24, 2.45) is 0 Å². The van der Waals surface area contributed by atoms with Crippen LogP contribution in [-0.2, 0) is 27.0 Å². The van der Waals surface area contributed by atoms with Gasteiger partial charge in [0.25, 0.3) is 0 Å². The van der Waals surface area contributed by atoms with Crippen molar-refractivity contribution >= 4 is 112 Å². The van der Waals surface area contributed by atoms with E-state index in [0.29, 0.717) is 0 Å². The van der Waals surface area contributed by atoms with Crippen molar-refractivity contribution in [2.45, 2.75) is 150 Å². The summed E-state index contributed by atoms with van der Waals surface area (Å²) in [5.74, 6) is 0. The summed E-state index contributed by atoms with van der Waals surface area (Å²) in [4.78, 5) is 15.8. The monoisotopic (exact) mass is 1750 g/mol. The van der Waals surface area contributed by atoms with Gasteiger partial charge in [-0.3, -0.25) is 0 Å². The fraction of sp³-hybridized carbons (Fsp3) is 0.307. The Morgan fingerprint density at radius 3 is 0.588 bits per heavy atom. The maximum absolute atomic E-state index is 5.67. The first-order valence-electron chi connectivity index (χ1n) is 34.1. The van der Waals surface area contributed by atoms with Crippen LogP contribution in [0.5, 0.6) is 0 Å². The predicted octanol–water partition coefficient (Wildman–Crippen LogP) is 25.4. The summed E-state index contributed by atoms with van der Waals surface area (Å²) in [5.41, 5.74) is 38.9. The second-order valence-corrected chi connectivity index (χ2v) is 40.6. The van der Waals surface area contributed by atoms with E-state index < -0.39 is 27.0 Å². The second-order valence-electron chi connectivity index (χ2n) is 27.2. The molecule has 102 heavy (non-hydrogen) atoms. The van der Waals surface area contributed by atoms with E-state index in [-0.39, 0.29) is 14.9 Å². The number of hydrogen-bond donors (Lipinski definition) is 0. The van der Waals surface area contributed by atoms with E-state index in [4.69, 9.17) is 38.8 Å². The summed E-state index contributed by atoms with van der Waals surface area (Å²) in [5, 5.41) is 0. The Kier molecular flexibility index (Phi) is 35.4. The Balaban J connectivity index is 0.000000227. The third kappa shape index (κ3) is 24.8. The molecule has 0 saturated carbocycles. The summed E-state index contributed by atoms with van der Waals surface area (Å²) in [6.45, 7) is 59.2. The number of aryl methyl sites for hydroxylation is 21. The van der Waals surface area contributed by atoms with Crippen LogP contribution in [0.25, 0.3) is 0 Å². The Morgan fingerprint density at radius 2 is 0.441 bits per heavy atom. The number of anilines is 6. The molecule has 0 radical (unpaired) electrons. The van der Waals surface area contributed by atoms with Crippen molar-refractivity contribution < 1.29 is 27.0 Å². The van der Waals surface area contributed by atoms with Crippen LogP contribution in [0.1, 0.15) is 128 Å². The SMILES string of the molecule is Cc1cc(C)c(N2[CH-]N(c3c(C)cc(C)cc3C)CC2)c(C)c1.Cc1cc(C)c(N2[CH-]N(c3c(C)cc(C)cc3C)CC2)c(C)c1.Cc1cc(C)c(N2[CH-]N(c3c(C)cc(C)cc3C)CC2)c(C)c1.Cc1cc(C)c(SI)c(C)c1.[CH3-].[CH3-].[Cl][Ru]([Cl])=[CH]c1ccccc1.[Cl][Ru]([Cl])=[CH]c1ccccc1. The fourth-order valence-corrected chi connectivity index (χ4v) is 20.9. The van der Waals surface area contributed by atoms with Gasteiger partial charge in [0.2, 0.25) is 0 Å². The molecular formula is C88H110Cl4IN6Ru2S-5. The van der Waals surface area contributed by atoms with E-state index in [1.165, 1.54) is 156 Å². The average Bonchev–Trinajstić information content (AvgIpc) is 1.64. The Bertz CT molecular complexity index is 3630. The average molecular weight is 1750 g/mol. The first-order chi connectivity index (χ1) is 47.3. The number of rotatable bonds is 9. The van der Waals surface area contributed by atoms with Gasteiger partial charge in [0.15, 0.2) is 0 Å². The molecule has 0 N–H and O–H groups in total.